The van der Waals surface area contributed by atoms with Gasteiger partial charge in [0.2, 0.25) is 5.91 Å². The van der Waals surface area contributed by atoms with Gasteiger partial charge in [0.05, 0.1) is 5.02 Å². The second-order valence-electron chi connectivity index (χ2n) is 7.68. The molecular formula is C23H25BrCl2N2O3. The highest BCUT2D eigenvalue weighted by Gasteiger charge is 2.29. The van der Waals surface area contributed by atoms with Crippen molar-refractivity contribution >= 4 is 50.9 Å². The summed E-state index contributed by atoms with van der Waals surface area (Å²) in [5.74, 6) is -0.0929. The molecule has 1 saturated carbocycles. The van der Waals surface area contributed by atoms with Crippen LogP contribution >= 0.6 is 39.1 Å². The molecule has 5 nitrogen and oxygen atoms in total. The Labute approximate surface area is 201 Å². The molecule has 2 aromatic carbocycles. The summed E-state index contributed by atoms with van der Waals surface area (Å²) in [7, 11) is 0. The van der Waals surface area contributed by atoms with Crippen molar-refractivity contribution in [3.05, 3.63) is 62.5 Å². The molecule has 31 heavy (non-hydrogen) atoms. The molecule has 0 bridgehead atoms. The van der Waals surface area contributed by atoms with Gasteiger partial charge in [0, 0.05) is 22.1 Å². The molecule has 1 N–H and O–H groups in total. The van der Waals surface area contributed by atoms with Gasteiger partial charge in [-0.25, -0.2) is 0 Å². The van der Waals surface area contributed by atoms with Gasteiger partial charge in [-0.2, -0.15) is 0 Å². The van der Waals surface area contributed by atoms with Crippen LogP contribution in [0.2, 0.25) is 10.0 Å². The number of nitrogens with one attached hydrogen (secondary N) is 1. The maximum absolute atomic E-state index is 13.1. The third kappa shape index (κ3) is 6.86. The number of hydrogen-bond donors (Lipinski definition) is 1. The number of carbonyl (C=O) groups is 2. The average molecular weight is 528 g/mol. The summed E-state index contributed by atoms with van der Waals surface area (Å²) >= 11 is 15.5. The Morgan fingerprint density at radius 1 is 1.19 bits per heavy atom. The summed E-state index contributed by atoms with van der Waals surface area (Å²) in [6.07, 6.45) is 4.21. The highest BCUT2D eigenvalue weighted by molar-refractivity contribution is 9.10. The van der Waals surface area contributed by atoms with E-state index in [1.807, 2.05) is 24.3 Å². The Hall–Kier alpha value is -1.76. The second kappa shape index (κ2) is 11.2. The highest BCUT2D eigenvalue weighted by atomic mass is 79.9. The maximum Gasteiger partial charge on any atom is 0.261 e. The zero-order valence-corrected chi connectivity index (χ0v) is 20.3. The van der Waals surface area contributed by atoms with Crippen molar-refractivity contribution in [3.8, 4) is 5.75 Å². The molecule has 0 aromatic heterocycles. The Kier molecular flexibility index (Phi) is 8.64. The van der Waals surface area contributed by atoms with Crippen LogP contribution in [-0.4, -0.2) is 35.4 Å². The third-order valence-corrected chi connectivity index (χ3v) is 6.38. The molecule has 166 valence electrons. The molecule has 0 spiro atoms. The molecule has 0 saturated heterocycles. The second-order valence-corrected chi connectivity index (χ2v) is 9.44. The lowest BCUT2D eigenvalue weighted by molar-refractivity contribution is -0.142. The van der Waals surface area contributed by atoms with E-state index in [-0.39, 0.29) is 31.0 Å². The van der Waals surface area contributed by atoms with Crippen LogP contribution in [0.5, 0.6) is 5.75 Å². The Balaban J connectivity index is 1.73. The number of nitrogens with zero attached hydrogens (tertiary/aromatic N) is 1. The van der Waals surface area contributed by atoms with Crippen molar-refractivity contribution in [3.63, 3.8) is 0 Å². The van der Waals surface area contributed by atoms with Crippen LogP contribution in [0.3, 0.4) is 0 Å². The van der Waals surface area contributed by atoms with Crippen molar-refractivity contribution < 1.29 is 14.3 Å². The van der Waals surface area contributed by atoms with Crippen LogP contribution in [0.25, 0.3) is 0 Å². The Bertz CT molecular complexity index is 935. The summed E-state index contributed by atoms with van der Waals surface area (Å²) in [5.41, 5.74) is 0.910. The van der Waals surface area contributed by atoms with Gasteiger partial charge in [-0.05, 0) is 55.7 Å². The first kappa shape index (κ1) is 23.9. The molecule has 0 aliphatic heterocycles. The van der Waals surface area contributed by atoms with Crippen molar-refractivity contribution in [1.82, 2.24) is 10.2 Å². The van der Waals surface area contributed by atoms with Crippen LogP contribution in [0.4, 0.5) is 0 Å². The number of benzene rings is 2. The van der Waals surface area contributed by atoms with Crippen molar-refractivity contribution in [2.45, 2.75) is 51.2 Å². The number of rotatable bonds is 8. The molecule has 1 atom stereocenters. The van der Waals surface area contributed by atoms with Gasteiger partial charge in [0.25, 0.3) is 5.91 Å². The lowest BCUT2D eigenvalue weighted by atomic mass is 10.1. The summed E-state index contributed by atoms with van der Waals surface area (Å²) in [6, 6.07) is 12.0. The topological polar surface area (TPSA) is 58.6 Å². The molecule has 1 aliphatic rings. The summed E-state index contributed by atoms with van der Waals surface area (Å²) in [4.78, 5) is 27.5. The highest BCUT2D eigenvalue weighted by Crippen LogP contribution is 2.27. The van der Waals surface area contributed by atoms with Crippen LogP contribution in [0.1, 0.15) is 38.2 Å². The minimum absolute atomic E-state index is 0.153. The van der Waals surface area contributed by atoms with Gasteiger partial charge in [-0.1, -0.05) is 64.1 Å². The van der Waals surface area contributed by atoms with Gasteiger partial charge in [0.15, 0.2) is 6.61 Å². The smallest absolute Gasteiger partial charge is 0.261 e. The molecular weight excluding hydrogens is 503 g/mol. The fourth-order valence-corrected chi connectivity index (χ4v) is 4.53. The minimum atomic E-state index is -0.642. The van der Waals surface area contributed by atoms with E-state index in [9.17, 15) is 9.59 Å². The standard InChI is InChI=1S/C23H25BrCl2N2O3/c1-15(23(30)27-19-7-2-3-8-19)28(13-16-5-4-6-17(24)11-16)22(29)14-31-21-10-9-18(25)12-20(21)26/h4-6,9-12,15,19H,2-3,7-8,13-14H2,1H3,(H,27,30)/t15-/m1/s1. The Morgan fingerprint density at radius 2 is 1.94 bits per heavy atom. The predicted molar refractivity (Wildman–Crippen MR) is 127 cm³/mol. The third-order valence-electron chi connectivity index (χ3n) is 5.36. The van der Waals surface area contributed by atoms with Gasteiger partial charge >= 0.3 is 0 Å². The number of ether oxygens (including phenoxy) is 1. The van der Waals surface area contributed by atoms with Crippen LogP contribution in [-0.2, 0) is 16.1 Å². The van der Waals surface area contributed by atoms with E-state index in [0.29, 0.717) is 15.8 Å². The van der Waals surface area contributed by atoms with E-state index in [2.05, 4.69) is 21.2 Å². The molecule has 0 radical (unpaired) electrons. The van der Waals surface area contributed by atoms with Gasteiger partial charge in [-0.15, -0.1) is 0 Å². The molecule has 8 heteroatoms. The first-order valence-electron chi connectivity index (χ1n) is 10.3. The summed E-state index contributed by atoms with van der Waals surface area (Å²) in [5, 5.41) is 3.89. The molecule has 2 amide bonds. The van der Waals surface area contributed by atoms with Crippen molar-refractivity contribution in [1.29, 1.82) is 0 Å². The molecule has 0 unspecified atom stereocenters. The van der Waals surface area contributed by atoms with E-state index >= 15 is 0 Å². The SMILES string of the molecule is C[C@H](C(=O)NC1CCCC1)N(Cc1cccc(Br)c1)C(=O)COc1ccc(Cl)cc1Cl. The zero-order valence-electron chi connectivity index (χ0n) is 17.2. The van der Waals surface area contributed by atoms with E-state index in [1.54, 1.807) is 25.1 Å². The minimum Gasteiger partial charge on any atom is -0.482 e. The fraction of sp³-hybridized carbons (Fsp3) is 0.391. The van der Waals surface area contributed by atoms with Gasteiger partial charge in [-0.3, -0.25) is 9.59 Å². The molecule has 3 rings (SSSR count). The van der Waals surface area contributed by atoms with E-state index in [1.165, 1.54) is 4.90 Å². The zero-order chi connectivity index (χ0) is 22.4. The molecule has 0 heterocycles. The Morgan fingerprint density at radius 3 is 2.61 bits per heavy atom. The van der Waals surface area contributed by atoms with Crippen LogP contribution < -0.4 is 10.1 Å². The predicted octanol–water partition coefficient (Wildman–Crippen LogP) is 5.61. The van der Waals surface area contributed by atoms with Crippen molar-refractivity contribution in [2.24, 2.45) is 0 Å². The molecule has 1 fully saturated rings. The number of amides is 2. The van der Waals surface area contributed by atoms with Crippen LogP contribution in [0.15, 0.2) is 46.9 Å². The maximum atomic E-state index is 13.1. The first-order valence-corrected chi connectivity index (χ1v) is 11.8. The number of halogens is 3. The van der Waals surface area contributed by atoms with Gasteiger partial charge in [0.1, 0.15) is 11.8 Å². The van der Waals surface area contributed by atoms with Crippen molar-refractivity contribution in [2.75, 3.05) is 6.61 Å². The van der Waals surface area contributed by atoms with E-state index in [4.69, 9.17) is 27.9 Å². The number of hydrogen-bond acceptors (Lipinski definition) is 3. The van der Waals surface area contributed by atoms with E-state index < -0.39 is 6.04 Å². The largest absolute Gasteiger partial charge is 0.482 e. The summed E-state index contributed by atoms with van der Waals surface area (Å²) in [6.45, 7) is 1.79. The fourth-order valence-electron chi connectivity index (χ4n) is 3.62. The quantitative estimate of drug-likeness (QED) is 0.485. The van der Waals surface area contributed by atoms with Gasteiger partial charge < -0.3 is 15.0 Å². The molecule has 2 aromatic rings. The average Bonchev–Trinajstić information content (AvgIpc) is 3.23. The lowest BCUT2D eigenvalue weighted by Gasteiger charge is -2.29. The van der Waals surface area contributed by atoms with Crippen LogP contribution in [0, 0.1) is 0 Å². The summed E-state index contributed by atoms with van der Waals surface area (Å²) < 4.78 is 6.54. The number of carbonyl (C=O) groups excluding carboxylic acids is 2. The first-order chi connectivity index (χ1) is 14.8. The van der Waals surface area contributed by atoms with E-state index in [0.717, 1.165) is 35.7 Å². The molecule has 1 aliphatic carbocycles. The monoisotopic (exact) mass is 526 g/mol. The normalized spacial score (nSPS) is 14.8. The lowest BCUT2D eigenvalue weighted by Crippen LogP contribution is -2.50.